The second-order valence-electron chi connectivity index (χ2n) is 8.51. The Morgan fingerprint density at radius 1 is 1.00 bits per heavy atom. The van der Waals surface area contributed by atoms with Crippen LogP contribution in [0.1, 0.15) is 24.5 Å². The van der Waals surface area contributed by atoms with Gasteiger partial charge in [0.1, 0.15) is 6.04 Å². The highest BCUT2D eigenvalue weighted by Crippen LogP contribution is 2.31. The minimum absolute atomic E-state index is 0.0499. The number of hydrogen-bond acceptors (Lipinski definition) is 5. The molecule has 3 amide bonds. The number of hydrogen-bond donors (Lipinski definition) is 1. The monoisotopic (exact) mass is 569 g/mol. The predicted molar refractivity (Wildman–Crippen MR) is 140 cm³/mol. The average Bonchev–Trinajstić information content (AvgIpc) is 3.12. The van der Waals surface area contributed by atoms with Gasteiger partial charge in [-0.3, -0.25) is 14.4 Å². The molecule has 1 atom stereocenters. The fourth-order valence-corrected chi connectivity index (χ4v) is 5.82. The number of carbonyl (C=O) groups is 3. The fourth-order valence-electron chi connectivity index (χ4n) is 3.99. The number of anilines is 2. The molecule has 0 saturated carbocycles. The molecule has 8 nitrogen and oxygen atoms in total. The van der Waals surface area contributed by atoms with Crippen molar-refractivity contribution < 1.29 is 22.8 Å². The van der Waals surface area contributed by atoms with Crippen molar-refractivity contribution in [2.75, 3.05) is 10.2 Å². The summed E-state index contributed by atoms with van der Waals surface area (Å²) in [5.74, 6) is -1.36. The van der Waals surface area contributed by atoms with Gasteiger partial charge >= 0.3 is 0 Å². The number of sulfonamides is 1. The second-order valence-corrected chi connectivity index (χ2v) is 11.3. The van der Waals surface area contributed by atoms with Gasteiger partial charge in [-0.05, 0) is 61.0 Å². The van der Waals surface area contributed by atoms with E-state index < -0.39 is 27.9 Å². The average molecular weight is 570 g/mol. The standard InChI is InChI=1S/C26H24BrN3O5S/c1-17-3-5-19(6-4-17)16-29(36(34,35)23-13-9-21(10-14-23)28-18(2)31)24-15-25(32)30(26(24)33)22-11-7-20(27)8-12-22/h3-14,24H,15-16H2,1-2H3,(H,28,31). The van der Waals surface area contributed by atoms with Crippen LogP contribution in [0.15, 0.2) is 82.2 Å². The molecule has 1 aliphatic heterocycles. The maximum absolute atomic E-state index is 13.8. The van der Waals surface area contributed by atoms with Crippen LogP contribution in [0.5, 0.6) is 0 Å². The Kier molecular flexibility index (Phi) is 7.39. The lowest BCUT2D eigenvalue weighted by atomic mass is 10.1. The molecule has 1 heterocycles. The number of aryl methyl sites for hydroxylation is 1. The van der Waals surface area contributed by atoms with Crippen LogP contribution in [-0.4, -0.2) is 36.5 Å². The van der Waals surface area contributed by atoms with Gasteiger partial charge in [0.2, 0.25) is 21.8 Å². The van der Waals surface area contributed by atoms with E-state index in [9.17, 15) is 22.8 Å². The molecule has 1 aliphatic rings. The lowest BCUT2D eigenvalue weighted by Crippen LogP contribution is -2.45. The smallest absolute Gasteiger partial charge is 0.252 e. The summed E-state index contributed by atoms with van der Waals surface area (Å²) in [5, 5.41) is 2.60. The Bertz CT molecular complexity index is 1410. The van der Waals surface area contributed by atoms with Gasteiger partial charge in [0.15, 0.2) is 0 Å². The summed E-state index contributed by atoms with van der Waals surface area (Å²) in [5.41, 5.74) is 2.51. The second kappa shape index (κ2) is 10.3. The summed E-state index contributed by atoms with van der Waals surface area (Å²) in [6.07, 6.45) is -0.274. The van der Waals surface area contributed by atoms with E-state index in [4.69, 9.17) is 0 Å². The van der Waals surface area contributed by atoms with Gasteiger partial charge in [0.05, 0.1) is 17.0 Å². The number of amides is 3. The third-order valence-electron chi connectivity index (χ3n) is 5.80. The molecule has 186 valence electrons. The first-order valence-electron chi connectivity index (χ1n) is 11.1. The van der Waals surface area contributed by atoms with Crippen molar-refractivity contribution in [3.8, 4) is 0 Å². The fraction of sp³-hybridized carbons (Fsp3) is 0.192. The van der Waals surface area contributed by atoms with Crippen LogP contribution in [0.3, 0.4) is 0 Å². The molecule has 1 fully saturated rings. The molecule has 3 aromatic carbocycles. The summed E-state index contributed by atoms with van der Waals surface area (Å²) in [6.45, 7) is 3.19. The molecule has 10 heteroatoms. The van der Waals surface area contributed by atoms with E-state index in [0.29, 0.717) is 16.9 Å². The first-order valence-corrected chi connectivity index (χ1v) is 13.4. The Hall–Kier alpha value is -3.34. The highest BCUT2D eigenvalue weighted by atomic mass is 79.9. The zero-order valence-electron chi connectivity index (χ0n) is 19.6. The molecule has 0 bridgehead atoms. The van der Waals surface area contributed by atoms with Crippen molar-refractivity contribution in [3.63, 3.8) is 0 Å². The summed E-state index contributed by atoms with van der Waals surface area (Å²) in [6, 6.07) is 18.5. The normalized spacial score (nSPS) is 16.0. The SMILES string of the molecule is CC(=O)Nc1ccc(S(=O)(=O)N(Cc2ccc(C)cc2)C2CC(=O)N(c3ccc(Br)cc3)C2=O)cc1. The van der Waals surface area contributed by atoms with Crippen molar-refractivity contribution in [1.82, 2.24) is 4.31 Å². The summed E-state index contributed by atoms with van der Waals surface area (Å²) in [4.78, 5) is 38.7. The largest absolute Gasteiger partial charge is 0.326 e. The van der Waals surface area contributed by atoms with E-state index in [1.54, 1.807) is 36.4 Å². The molecular weight excluding hydrogens is 546 g/mol. The van der Waals surface area contributed by atoms with Crippen molar-refractivity contribution in [1.29, 1.82) is 0 Å². The van der Waals surface area contributed by atoms with Gasteiger partial charge in [-0.1, -0.05) is 45.8 Å². The zero-order chi connectivity index (χ0) is 26.0. The number of nitrogens with zero attached hydrogens (tertiary/aromatic N) is 2. The van der Waals surface area contributed by atoms with Crippen molar-refractivity contribution in [3.05, 3.63) is 88.4 Å². The molecule has 0 spiro atoms. The van der Waals surface area contributed by atoms with E-state index >= 15 is 0 Å². The molecule has 3 aromatic rings. The predicted octanol–water partition coefficient (Wildman–Crippen LogP) is 4.24. The van der Waals surface area contributed by atoms with Crippen LogP contribution < -0.4 is 10.2 Å². The van der Waals surface area contributed by atoms with Crippen LogP contribution in [-0.2, 0) is 31.0 Å². The maximum atomic E-state index is 13.8. The summed E-state index contributed by atoms with van der Waals surface area (Å²) in [7, 11) is -4.19. The lowest BCUT2D eigenvalue weighted by Gasteiger charge is -2.27. The third kappa shape index (κ3) is 5.40. The van der Waals surface area contributed by atoms with E-state index in [2.05, 4.69) is 21.2 Å². The van der Waals surface area contributed by atoms with Crippen LogP contribution in [0.2, 0.25) is 0 Å². The van der Waals surface area contributed by atoms with Gasteiger partial charge in [-0.2, -0.15) is 4.31 Å². The van der Waals surface area contributed by atoms with Gasteiger partial charge in [0, 0.05) is 23.6 Å². The Balaban J connectivity index is 1.72. The van der Waals surface area contributed by atoms with E-state index in [1.807, 2.05) is 19.1 Å². The number of nitrogens with one attached hydrogen (secondary N) is 1. The number of rotatable bonds is 7. The minimum atomic E-state index is -4.19. The lowest BCUT2D eigenvalue weighted by molar-refractivity contribution is -0.122. The topological polar surface area (TPSA) is 104 Å². The number of imide groups is 1. The van der Waals surface area contributed by atoms with E-state index in [1.165, 1.54) is 31.2 Å². The molecule has 1 saturated heterocycles. The highest BCUT2D eigenvalue weighted by molar-refractivity contribution is 9.10. The first kappa shape index (κ1) is 25.7. The zero-order valence-corrected chi connectivity index (χ0v) is 22.0. The van der Waals surface area contributed by atoms with Crippen LogP contribution in [0.25, 0.3) is 0 Å². The Morgan fingerprint density at radius 3 is 2.19 bits per heavy atom. The Morgan fingerprint density at radius 2 is 1.61 bits per heavy atom. The minimum Gasteiger partial charge on any atom is -0.326 e. The molecule has 1 unspecified atom stereocenters. The van der Waals surface area contributed by atoms with Crippen molar-refractivity contribution in [2.45, 2.75) is 37.8 Å². The van der Waals surface area contributed by atoms with Gasteiger partial charge in [0.25, 0.3) is 5.91 Å². The summed E-state index contributed by atoms with van der Waals surface area (Å²) < 4.78 is 29.5. The quantitative estimate of drug-likeness (QED) is 0.428. The molecule has 0 aromatic heterocycles. The first-order chi connectivity index (χ1) is 17.1. The van der Waals surface area contributed by atoms with Gasteiger partial charge in [-0.15, -0.1) is 0 Å². The van der Waals surface area contributed by atoms with E-state index in [0.717, 1.165) is 19.2 Å². The van der Waals surface area contributed by atoms with Gasteiger partial charge < -0.3 is 5.32 Å². The number of halogens is 1. The van der Waals surface area contributed by atoms with Crippen LogP contribution >= 0.6 is 15.9 Å². The molecular formula is C26H24BrN3O5S. The number of carbonyl (C=O) groups excluding carboxylic acids is 3. The molecule has 1 N–H and O–H groups in total. The van der Waals surface area contributed by atoms with Crippen molar-refractivity contribution in [2.24, 2.45) is 0 Å². The molecule has 0 aliphatic carbocycles. The summed E-state index contributed by atoms with van der Waals surface area (Å²) >= 11 is 3.33. The van der Waals surface area contributed by atoms with Crippen LogP contribution in [0.4, 0.5) is 11.4 Å². The van der Waals surface area contributed by atoms with Crippen molar-refractivity contribution >= 4 is 55.0 Å². The molecule has 0 radical (unpaired) electrons. The molecule has 36 heavy (non-hydrogen) atoms. The maximum Gasteiger partial charge on any atom is 0.252 e. The molecule has 4 rings (SSSR count). The number of benzene rings is 3. The van der Waals surface area contributed by atoms with Gasteiger partial charge in [-0.25, -0.2) is 13.3 Å². The highest BCUT2D eigenvalue weighted by Gasteiger charge is 2.47. The third-order valence-corrected chi connectivity index (χ3v) is 8.19. The Labute approximate surface area is 218 Å². The van der Waals surface area contributed by atoms with Crippen LogP contribution in [0, 0.1) is 6.92 Å². The van der Waals surface area contributed by atoms with E-state index in [-0.39, 0.29) is 23.8 Å².